The summed E-state index contributed by atoms with van der Waals surface area (Å²) in [5.74, 6) is 0.869. The summed E-state index contributed by atoms with van der Waals surface area (Å²) < 4.78 is 0. The number of thioether (sulfide) groups is 1. The molecule has 1 aromatic rings. The average molecular weight is 387 g/mol. The van der Waals surface area contributed by atoms with Gasteiger partial charge >= 0.3 is 6.03 Å². The fraction of sp³-hybridized carbons (Fsp3) is 0.529. The van der Waals surface area contributed by atoms with Gasteiger partial charge in [-0.25, -0.2) is 4.79 Å². The number of halogens is 1. The molecular weight excluding hydrogens is 360 g/mol. The lowest BCUT2D eigenvalue weighted by atomic mass is 10.2. The number of amides is 3. The molecule has 0 aliphatic carbocycles. The SMILES string of the molecule is CSCC[C@H](N)C(=O)N1CCN(C(=O)Nc2cccc(C)c2)CC1.Cl. The van der Waals surface area contributed by atoms with E-state index in [1.807, 2.05) is 37.4 Å². The van der Waals surface area contributed by atoms with Crippen molar-refractivity contribution in [1.29, 1.82) is 0 Å². The van der Waals surface area contributed by atoms with E-state index < -0.39 is 6.04 Å². The molecule has 1 aromatic carbocycles. The largest absolute Gasteiger partial charge is 0.338 e. The van der Waals surface area contributed by atoms with Crippen molar-refractivity contribution in [1.82, 2.24) is 9.80 Å². The molecule has 0 spiro atoms. The van der Waals surface area contributed by atoms with Gasteiger partial charge < -0.3 is 20.9 Å². The molecular formula is C17H27ClN4O2S. The zero-order chi connectivity index (χ0) is 17.5. The molecule has 0 bridgehead atoms. The van der Waals surface area contributed by atoms with E-state index in [4.69, 9.17) is 5.73 Å². The maximum absolute atomic E-state index is 12.3. The molecule has 1 aliphatic heterocycles. The number of nitrogens with zero attached hydrogens (tertiary/aromatic N) is 2. The monoisotopic (exact) mass is 386 g/mol. The van der Waals surface area contributed by atoms with E-state index >= 15 is 0 Å². The summed E-state index contributed by atoms with van der Waals surface area (Å²) in [5, 5.41) is 2.90. The number of anilines is 1. The van der Waals surface area contributed by atoms with E-state index in [2.05, 4.69) is 5.32 Å². The number of hydrogen-bond donors (Lipinski definition) is 2. The van der Waals surface area contributed by atoms with Gasteiger partial charge in [-0.05, 0) is 43.0 Å². The Morgan fingerprint density at radius 2 is 1.88 bits per heavy atom. The van der Waals surface area contributed by atoms with Crippen molar-refractivity contribution in [3.8, 4) is 0 Å². The predicted molar refractivity (Wildman–Crippen MR) is 107 cm³/mol. The van der Waals surface area contributed by atoms with Crippen molar-refractivity contribution in [2.24, 2.45) is 5.73 Å². The first-order chi connectivity index (χ1) is 11.5. The fourth-order valence-electron chi connectivity index (χ4n) is 2.66. The van der Waals surface area contributed by atoms with Crippen molar-refractivity contribution >= 4 is 41.8 Å². The number of nitrogens with two attached hydrogens (primary N) is 1. The highest BCUT2D eigenvalue weighted by molar-refractivity contribution is 7.98. The van der Waals surface area contributed by atoms with Crippen LogP contribution in [0.15, 0.2) is 24.3 Å². The Balaban J connectivity index is 0.00000312. The van der Waals surface area contributed by atoms with Crippen LogP contribution >= 0.6 is 24.2 Å². The summed E-state index contributed by atoms with van der Waals surface area (Å²) in [5.41, 5.74) is 7.84. The molecule has 0 radical (unpaired) electrons. The number of benzene rings is 1. The Bertz CT molecular complexity index is 580. The Morgan fingerprint density at radius 1 is 1.24 bits per heavy atom. The quantitative estimate of drug-likeness (QED) is 0.812. The highest BCUT2D eigenvalue weighted by Crippen LogP contribution is 2.12. The molecule has 2 rings (SSSR count). The fourth-order valence-corrected chi connectivity index (χ4v) is 3.15. The number of rotatable bonds is 5. The Morgan fingerprint density at radius 3 is 2.48 bits per heavy atom. The van der Waals surface area contributed by atoms with Crippen LogP contribution in [0, 0.1) is 6.92 Å². The van der Waals surface area contributed by atoms with Crippen LogP contribution in [0.25, 0.3) is 0 Å². The minimum absolute atomic E-state index is 0. The molecule has 1 atom stereocenters. The van der Waals surface area contributed by atoms with Gasteiger partial charge in [0.05, 0.1) is 6.04 Å². The maximum Gasteiger partial charge on any atom is 0.321 e. The van der Waals surface area contributed by atoms with Gasteiger partial charge in [-0.1, -0.05) is 12.1 Å². The first kappa shape index (κ1) is 21.6. The van der Waals surface area contributed by atoms with Crippen LogP contribution in [0.1, 0.15) is 12.0 Å². The molecule has 140 valence electrons. The molecule has 1 aliphatic rings. The molecule has 25 heavy (non-hydrogen) atoms. The third kappa shape index (κ3) is 6.41. The summed E-state index contributed by atoms with van der Waals surface area (Å²) in [6.45, 7) is 4.11. The predicted octanol–water partition coefficient (Wildman–Crippen LogP) is 2.17. The van der Waals surface area contributed by atoms with Crippen LogP contribution in [-0.2, 0) is 4.79 Å². The van der Waals surface area contributed by atoms with Crippen LogP contribution in [0.5, 0.6) is 0 Å². The van der Waals surface area contributed by atoms with E-state index in [9.17, 15) is 9.59 Å². The Kier molecular flexibility index (Phi) is 9.10. The van der Waals surface area contributed by atoms with Gasteiger partial charge in [-0.3, -0.25) is 4.79 Å². The smallest absolute Gasteiger partial charge is 0.321 e. The van der Waals surface area contributed by atoms with E-state index in [0.29, 0.717) is 32.6 Å². The number of urea groups is 1. The van der Waals surface area contributed by atoms with Gasteiger partial charge in [0.2, 0.25) is 5.91 Å². The summed E-state index contributed by atoms with van der Waals surface area (Å²) >= 11 is 1.69. The summed E-state index contributed by atoms with van der Waals surface area (Å²) in [7, 11) is 0. The first-order valence-electron chi connectivity index (χ1n) is 8.17. The lowest BCUT2D eigenvalue weighted by molar-refractivity contribution is -0.134. The van der Waals surface area contributed by atoms with Crippen LogP contribution in [-0.4, -0.2) is 66.0 Å². The van der Waals surface area contributed by atoms with Gasteiger partial charge in [0.15, 0.2) is 0 Å². The van der Waals surface area contributed by atoms with Gasteiger partial charge in [0, 0.05) is 31.9 Å². The maximum atomic E-state index is 12.3. The molecule has 3 N–H and O–H groups in total. The lowest BCUT2D eigenvalue weighted by Crippen LogP contribution is -2.55. The molecule has 6 nitrogen and oxygen atoms in total. The van der Waals surface area contributed by atoms with Crippen molar-refractivity contribution < 1.29 is 9.59 Å². The highest BCUT2D eigenvalue weighted by Gasteiger charge is 2.27. The molecule has 0 aromatic heterocycles. The van der Waals surface area contributed by atoms with Crippen molar-refractivity contribution in [3.63, 3.8) is 0 Å². The standard InChI is InChI=1S/C17H26N4O2S.ClH/c1-13-4-3-5-14(12-13)19-17(23)21-9-7-20(8-10-21)16(22)15(18)6-11-24-2;/h3-5,12,15H,6-11,18H2,1-2H3,(H,19,23);1H/t15-;/m0./s1. The van der Waals surface area contributed by atoms with Gasteiger partial charge in [0.1, 0.15) is 0 Å². The van der Waals surface area contributed by atoms with Crippen LogP contribution in [0.4, 0.5) is 10.5 Å². The number of hydrogen-bond acceptors (Lipinski definition) is 4. The molecule has 1 fully saturated rings. The summed E-state index contributed by atoms with van der Waals surface area (Å²) in [6.07, 6.45) is 2.69. The molecule has 0 unspecified atom stereocenters. The Hall–Kier alpha value is -1.44. The summed E-state index contributed by atoms with van der Waals surface area (Å²) in [4.78, 5) is 28.1. The van der Waals surface area contributed by atoms with Gasteiger partial charge in [0.25, 0.3) is 0 Å². The average Bonchev–Trinajstić information content (AvgIpc) is 2.59. The van der Waals surface area contributed by atoms with E-state index in [0.717, 1.165) is 17.0 Å². The molecule has 3 amide bonds. The van der Waals surface area contributed by atoms with Crippen LogP contribution < -0.4 is 11.1 Å². The Labute approximate surface area is 159 Å². The van der Waals surface area contributed by atoms with Crippen molar-refractivity contribution in [3.05, 3.63) is 29.8 Å². The molecule has 1 saturated heterocycles. The third-order valence-electron chi connectivity index (χ3n) is 4.10. The topological polar surface area (TPSA) is 78.7 Å². The second kappa shape index (κ2) is 10.5. The van der Waals surface area contributed by atoms with E-state index in [1.165, 1.54) is 0 Å². The van der Waals surface area contributed by atoms with Crippen molar-refractivity contribution in [2.45, 2.75) is 19.4 Å². The number of piperazine rings is 1. The van der Waals surface area contributed by atoms with E-state index in [-0.39, 0.29) is 24.3 Å². The lowest BCUT2D eigenvalue weighted by Gasteiger charge is -2.35. The highest BCUT2D eigenvalue weighted by atomic mass is 35.5. The number of aryl methyl sites for hydroxylation is 1. The van der Waals surface area contributed by atoms with Crippen LogP contribution in [0.2, 0.25) is 0 Å². The number of carbonyl (C=O) groups is 2. The van der Waals surface area contributed by atoms with Crippen molar-refractivity contribution in [2.75, 3.05) is 43.5 Å². The van der Waals surface area contributed by atoms with Gasteiger partial charge in [-0.15, -0.1) is 12.4 Å². The van der Waals surface area contributed by atoms with E-state index in [1.54, 1.807) is 21.6 Å². The normalized spacial score (nSPS) is 15.3. The number of nitrogens with one attached hydrogen (secondary N) is 1. The minimum Gasteiger partial charge on any atom is -0.338 e. The van der Waals surface area contributed by atoms with Gasteiger partial charge in [-0.2, -0.15) is 11.8 Å². The van der Waals surface area contributed by atoms with Crippen LogP contribution in [0.3, 0.4) is 0 Å². The molecule has 1 heterocycles. The first-order valence-corrected chi connectivity index (χ1v) is 9.56. The minimum atomic E-state index is -0.440. The number of carbonyl (C=O) groups excluding carboxylic acids is 2. The molecule has 8 heteroatoms. The third-order valence-corrected chi connectivity index (χ3v) is 4.74. The summed E-state index contributed by atoms with van der Waals surface area (Å²) in [6, 6.07) is 7.14. The zero-order valence-electron chi connectivity index (χ0n) is 14.7. The second-order valence-electron chi connectivity index (χ2n) is 6.00. The molecule has 0 saturated carbocycles. The zero-order valence-corrected chi connectivity index (χ0v) is 16.4. The second-order valence-corrected chi connectivity index (χ2v) is 6.99.